The zero-order valence-corrected chi connectivity index (χ0v) is 14.2. The Kier molecular flexibility index (Phi) is 5.02. The van der Waals surface area contributed by atoms with Gasteiger partial charge in [0.2, 0.25) is 5.91 Å². The lowest BCUT2D eigenvalue weighted by Crippen LogP contribution is -2.45. The maximum Gasteiger partial charge on any atom is 0.272 e. The normalized spacial score (nSPS) is 17.3. The van der Waals surface area contributed by atoms with Gasteiger partial charge in [-0.2, -0.15) is 5.10 Å². The number of hydrogen-bond acceptors (Lipinski definition) is 4. The van der Waals surface area contributed by atoms with E-state index in [1.807, 2.05) is 24.3 Å². The Morgan fingerprint density at radius 1 is 1.32 bits per heavy atom. The number of likely N-dealkylation sites (tertiary alicyclic amines) is 1. The van der Waals surface area contributed by atoms with Gasteiger partial charge in [0.1, 0.15) is 11.4 Å². The molecule has 2 heterocycles. The van der Waals surface area contributed by atoms with E-state index >= 15 is 0 Å². The van der Waals surface area contributed by atoms with Crippen LogP contribution in [0.2, 0.25) is 0 Å². The van der Waals surface area contributed by atoms with Crippen LogP contribution in [0.5, 0.6) is 5.75 Å². The van der Waals surface area contributed by atoms with Crippen LogP contribution in [0, 0.1) is 0 Å². The van der Waals surface area contributed by atoms with Crippen LogP contribution in [0.25, 0.3) is 11.3 Å². The summed E-state index contributed by atoms with van der Waals surface area (Å²) in [5.74, 6) is 0.240. The predicted octanol–water partition coefficient (Wildman–Crippen LogP) is 1.96. The number of aromatic amines is 1. The number of carbonyl (C=O) groups excluding carboxylic acids is 2. The molecule has 2 aromatic rings. The zero-order valence-electron chi connectivity index (χ0n) is 14.2. The minimum Gasteiger partial charge on any atom is -0.497 e. The molecule has 1 fully saturated rings. The van der Waals surface area contributed by atoms with E-state index < -0.39 is 0 Å². The first-order valence-electron chi connectivity index (χ1n) is 8.37. The minimum absolute atomic E-state index is 0.133. The van der Waals surface area contributed by atoms with Crippen LogP contribution in [-0.4, -0.2) is 46.6 Å². The van der Waals surface area contributed by atoms with Crippen molar-refractivity contribution in [2.24, 2.45) is 5.73 Å². The first-order valence-corrected chi connectivity index (χ1v) is 8.37. The van der Waals surface area contributed by atoms with Gasteiger partial charge in [0.15, 0.2) is 0 Å². The van der Waals surface area contributed by atoms with E-state index in [1.165, 1.54) is 0 Å². The highest BCUT2D eigenvalue weighted by Gasteiger charge is 2.29. The quantitative estimate of drug-likeness (QED) is 0.867. The van der Waals surface area contributed by atoms with Crippen molar-refractivity contribution in [2.45, 2.75) is 31.7 Å². The lowest BCUT2D eigenvalue weighted by atomic mass is 9.98. The summed E-state index contributed by atoms with van der Waals surface area (Å²) in [4.78, 5) is 25.8. The Balaban J connectivity index is 1.77. The SMILES string of the molecule is COc1ccc(-c2cc(C(=O)N3CCCCC3CC(N)=O)[nH]n2)cc1. The molecule has 7 heteroatoms. The van der Waals surface area contributed by atoms with Crippen molar-refractivity contribution in [1.29, 1.82) is 0 Å². The summed E-state index contributed by atoms with van der Waals surface area (Å²) in [5, 5.41) is 7.05. The molecule has 0 saturated carbocycles. The first-order chi connectivity index (χ1) is 12.1. The number of H-pyrrole nitrogens is 1. The van der Waals surface area contributed by atoms with Crippen molar-refractivity contribution >= 4 is 11.8 Å². The molecule has 25 heavy (non-hydrogen) atoms. The lowest BCUT2D eigenvalue weighted by molar-refractivity contribution is -0.119. The van der Waals surface area contributed by atoms with E-state index in [4.69, 9.17) is 10.5 Å². The van der Waals surface area contributed by atoms with Crippen LogP contribution in [-0.2, 0) is 4.79 Å². The van der Waals surface area contributed by atoms with Crippen molar-refractivity contribution in [3.05, 3.63) is 36.0 Å². The molecule has 1 atom stereocenters. The van der Waals surface area contributed by atoms with Crippen molar-refractivity contribution in [3.63, 3.8) is 0 Å². The number of aromatic nitrogens is 2. The highest BCUT2D eigenvalue weighted by molar-refractivity contribution is 5.94. The Labute approximate surface area is 146 Å². The molecule has 7 nitrogen and oxygen atoms in total. The van der Waals surface area contributed by atoms with E-state index in [-0.39, 0.29) is 24.3 Å². The van der Waals surface area contributed by atoms with Gasteiger partial charge in [-0.1, -0.05) is 0 Å². The molecule has 1 saturated heterocycles. The molecule has 1 aromatic carbocycles. The fraction of sp³-hybridized carbons (Fsp3) is 0.389. The van der Waals surface area contributed by atoms with Crippen molar-refractivity contribution in [1.82, 2.24) is 15.1 Å². The Morgan fingerprint density at radius 2 is 2.08 bits per heavy atom. The molecule has 1 aromatic heterocycles. The van der Waals surface area contributed by atoms with Crippen LogP contribution in [0.1, 0.15) is 36.2 Å². The number of piperidine rings is 1. The topological polar surface area (TPSA) is 101 Å². The molecule has 1 aliphatic heterocycles. The van der Waals surface area contributed by atoms with Crippen molar-refractivity contribution in [2.75, 3.05) is 13.7 Å². The number of benzene rings is 1. The van der Waals surface area contributed by atoms with Crippen LogP contribution in [0.4, 0.5) is 0 Å². The summed E-state index contributed by atoms with van der Waals surface area (Å²) in [6.07, 6.45) is 2.93. The van der Waals surface area contributed by atoms with Crippen molar-refractivity contribution < 1.29 is 14.3 Å². The molecule has 2 amide bonds. The van der Waals surface area contributed by atoms with Gasteiger partial charge in [0, 0.05) is 24.6 Å². The van der Waals surface area contributed by atoms with Crippen molar-refractivity contribution in [3.8, 4) is 17.0 Å². The number of nitrogens with two attached hydrogens (primary N) is 1. The monoisotopic (exact) mass is 342 g/mol. The number of primary amides is 1. The maximum absolute atomic E-state index is 12.8. The fourth-order valence-corrected chi connectivity index (χ4v) is 3.21. The molecular weight excluding hydrogens is 320 g/mol. The highest BCUT2D eigenvalue weighted by Crippen LogP contribution is 2.24. The van der Waals surface area contributed by atoms with Crippen LogP contribution in [0.3, 0.4) is 0 Å². The van der Waals surface area contributed by atoms with Gasteiger partial charge in [-0.25, -0.2) is 0 Å². The molecule has 0 bridgehead atoms. The molecule has 0 spiro atoms. The number of nitrogens with one attached hydrogen (secondary N) is 1. The van der Waals surface area contributed by atoms with E-state index in [0.717, 1.165) is 30.6 Å². The molecule has 0 radical (unpaired) electrons. The van der Waals surface area contributed by atoms with Crippen LogP contribution >= 0.6 is 0 Å². The number of hydrogen-bond donors (Lipinski definition) is 2. The Morgan fingerprint density at radius 3 is 2.76 bits per heavy atom. The maximum atomic E-state index is 12.8. The first kappa shape index (κ1) is 17.0. The predicted molar refractivity (Wildman–Crippen MR) is 93.1 cm³/mol. The van der Waals surface area contributed by atoms with Gasteiger partial charge in [-0.15, -0.1) is 0 Å². The average Bonchev–Trinajstić information content (AvgIpc) is 3.11. The second kappa shape index (κ2) is 7.38. The summed E-state index contributed by atoms with van der Waals surface area (Å²) < 4.78 is 5.14. The Hall–Kier alpha value is -2.83. The molecule has 1 unspecified atom stereocenters. The number of carbonyl (C=O) groups is 2. The summed E-state index contributed by atoms with van der Waals surface area (Å²) in [5.41, 5.74) is 7.32. The third-order valence-electron chi connectivity index (χ3n) is 4.52. The number of ether oxygens (including phenoxy) is 1. The molecule has 132 valence electrons. The van der Waals surface area contributed by atoms with E-state index in [1.54, 1.807) is 18.1 Å². The third kappa shape index (κ3) is 3.81. The lowest BCUT2D eigenvalue weighted by Gasteiger charge is -2.34. The number of nitrogens with zero attached hydrogens (tertiary/aromatic N) is 2. The van der Waals surface area contributed by atoms with E-state index in [9.17, 15) is 9.59 Å². The summed E-state index contributed by atoms with van der Waals surface area (Å²) >= 11 is 0. The molecular formula is C18H22N4O3. The number of rotatable bonds is 5. The van der Waals surface area contributed by atoms with E-state index in [2.05, 4.69) is 10.2 Å². The second-order valence-corrected chi connectivity index (χ2v) is 6.21. The van der Waals surface area contributed by atoms with Gasteiger partial charge in [-0.3, -0.25) is 14.7 Å². The van der Waals surface area contributed by atoms with Gasteiger partial charge in [0.05, 0.1) is 12.8 Å². The van der Waals surface area contributed by atoms with Gasteiger partial charge < -0.3 is 15.4 Å². The largest absolute Gasteiger partial charge is 0.497 e. The minimum atomic E-state index is -0.381. The van der Waals surface area contributed by atoms with E-state index in [0.29, 0.717) is 17.9 Å². The fourth-order valence-electron chi connectivity index (χ4n) is 3.21. The smallest absolute Gasteiger partial charge is 0.272 e. The van der Waals surface area contributed by atoms with Gasteiger partial charge in [0.25, 0.3) is 5.91 Å². The second-order valence-electron chi connectivity index (χ2n) is 6.21. The summed E-state index contributed by atoms with van der Waals surface area (Å²) in [6.45, 7) is 0.633. The molecule has 1 aliphatic rings. The molecule has 3 N–H and O–H groups in total. The Bertz CT molecular complexity index is 754. The number of amides is 2. The van der Waals surface area contributed by atoms with Gasteiger partial charge in [-0.05, 0) is 49.6 Å². The molecule has 3 rings (SSSR count). The summed E-state index contributed by atoms with van der Waals surface area (Å²) in [6, 6.07) is 9.07. The summed E-state index contributed by atoms with van der Waals surface area (Å²) in [7, 11) is 1.61. The van der Waals surface area contributed by atoms with Crippen LogP contribution < -0.4 is 10.5 Å². The van der Waals surface area contributed by atoms with Crippen LogP contribution in [0.15, 0.2) is 30.3 Å². The zero-order chi connectivity index (χ0) is 17.8. The van der Waals surface area contributed by atoms with Gasteiger partial charge >= 0.3 is 0 Å². The molecule has 0 aliphatic carbocycles. The highest BCUT2D eigenvalue weighted by atomic mass is 16.5. The third-order valence-corrected chi connectivity index (χ3v) is 4.52. The average molecular weight is 342 g/mol. The standard InChI is InChI=1S/C18H22N4O3/c1-25-14-7-5-12(6-8-14)15-11-16(21-20-15)18(24)22-9-3-2-4-13(22)10-17(19)23/h5-8,11,13H,2-4,9-10H2,1H3,(H2,19,23)(H,20,21). The number of methoxy groups -OCH3 is 1.